The van der Waals surface area contributed by atoms with E-state index < -0.39 is 0 Å². The summed E-state index contributed by atoms with van der Waals surface area (Å²) in [4.78, 5) is 10.4. The van der Waals surface area contributed by atoms with Gasteiger partial charge in [-0.1, -0.05) is 0 Å². The first-order valence-electron chi connectivity index (χ1n) is 9.00. The van der Waals surface area contributed by atoms with Crippen LogP contribution in [0.2, 0.25) is 0 Å². The molecule has 0 amide bonds. The molecule has 2 atom stereocenters. The van der Waals surface area contributed by atoms with Crippen molar-refractivity contribution in [2.75, 3.05) is 13.1 Å². The first kappa shape index (κ1) is 17.1. The summed E-state index contributed by atoms with van der Waals surface area (Å²) in [6.07, 6.45) is 0.481. The van der Waals surface area contributed by atoms with Gasteiger partial charge < -0.3 is 9.67 Å². The van der Waals surface area contributed by atoms with E-state index in [1.807, 2.05) is 5.51 Å². The number of rotatable bonds is 4. The Kier molecular flexibility index (Phi) is 4.61. The molecule has 2 aromatic rings. The number of hydrogen-bond acceptors (Lipinski definition) is 7. The van der Waals surface area contributed by atoms with E-state index >= 15 is 0 Å². The molecular formula is C17H26N6OS. The molecule has 25 heavy (non-hydrogen) atoms. The molecule has 8 heteroatoms. The average molecular weight is 363 g/mol. The number of thiazole rings is 1. The van der Waals surface area contributed by atoms with Crippen LogP contribution in [0.4, 0.5) is 0 Å². The second kappa shape index (κ2) is 6.75. The number of aromatic nitrogens is 4. The van der Waals surface area contributed by atoms with Gasteiger partial charge in [-0.2, -0.15) is 0 Å². The number of likely N-dealkylation sites (tertiary alicyclic amines) is 1. The number of aliphatic hydroxyl groups is 1. The van der Waals surface area contributed by atoms with Gasteiger partial charge in [0, 0.05) is 37.1 Å². The highest BCUT2D eigenvalue weighted by Crippen LogP contribution is 2.34. The molecule has 0 saturated carbocycles. The molecule has 0 radical (unpaired) electrons. The molecule has 136 valence electrons. The number of fused-ring (bicyclic) bond motifs is 1. The second-order valence-electron chi connectivity index (χ2n) is 7.39. The van der Waals surface area contributed by atoms with Crippen LogP contribution >= 0.6 is 11.3 Å². The van der Waals surface area contributed by atoms with Crippen LogP contribution in [0, 0.1) is 6.92 Å². The van der Waals surface area contributed by atoms with Crippen molar-refractivity contribution < 1.29 is 5.11 Å². The number of nitrogens with zero attached hydrogens (tertiary/aromatic N) is 6. The Hall–Kier alpha value is -1.35. The van der Waals surface area contributed by atoms with Crippen LogP contribution in [0.25, 0.3) is 0 Å². The van der Waals surface area contributed by atoms with E-state index in [9.17, 15) is 5.11 Å². The Labute approximate surface area is 152 Å². The van der Waals surface area contributed by atoms with Gasteiger partial charge in [0.05, 0.1) is 29.9 Å². The first-order chi connectivity index (χ1) is 12.0. The minimum atomic E-state index is -0.269. The van der Waals surface area contributed by atoms with E-state index in [1.54, 1.807) is 11.3 Å². The van der Waals surface area contributed by atoms with Gasteiger partial charge in [-0.25, -0.2) is 4.98 Å². The second-order valence-corrected chi connectivity index (χ2v) is 8.33. The molecule has 2 aliphatic heterocycles. The van der Waals surface area contributed by atoms with E-state index in [4.69, 9.17) is 0 Å². The van der Waals surface area contributed by atoms with Gasteiger partial charge in [-0.05, 0) is 27.2 Å². The summed E-state index contributed by atoms with van der Waals surface area (Å²) in [5, 5.41) is 19.1. The van der Waals surface area contributed by atoms with Gasteiger partial charge in [0.1, 0.15) is 5.82 Å². The molecule has 7 nitrogen and oxygen atoms in total. The molecule has 1 fully saturated rings. The van der Waals surface area contributed by atoms with E-state index in [0.29, 0.717) is 6.04 Å². The lowest BCUT2D eigenvalue weighted by Gasteiger charge is -2.31. The zero-order valence-corrected chi connectivity index (χ0v) is 15.9. The standard InChI is InChI=1S/C17H26N6OS/c1-11(2)23-7-13(24)6-14(23)17-20-19-16-9-21(4-5-22(16)17)8-15-12(3)18-10-25-15/h10-11,13-14,24H,4-9H2,1-3H3/t13-,14-/m0/s1. The van der Waals surface area contributed by atoms with Crippen LogP contribution in [0.3, 0.4) is 0 Å². The van der Waals surface area contributed by atoms with E-state index in [1.165, 1.54) is 4.88 Å². The highest BCUT2D eigenvalue weighted by Gasteiger charge is 2.37. The maximum absolute atomic E-state index is 10.1. The summed E-state index contributed by atoms with van der Waals surface area (Å²) in [5.74, 6) is 2.06. The number of β-amino-alcohol motifs (C(OH)–C–C–N with tert-alkyl or cyclic N) is 1. The minimum Gasteiger partial charge on any atom is -0.392 e. The van der Waals surface area contributed by atoms with Crippen LogP contribution in [-0.4, -0.2) is 59.9 Å². The summed E-state index contributed by atoms with van der Waals surface area (Å²) >= 11 is 1.72. The summed E-state index contributed by atoms with van der Waals surface area (Å²) in [6.45, 7) is 10.8. The molecule has 0 spiro atoms. The van der Waals surface area contributed by atoms with Gasteiger partial charge in [0.2, 0.25) is 0 Å². The Bertz CT molecular complexity index is 741. The fourth-order valence-corrected chi connectivity index (χ4v) is 4.77. The van der Waals surface area contributed by atoms with Crippen LogP contribution in [-0.2, 0) is 19.6 Å². The summed E-state index contributed by atoms with van der Waals surface area (Å²) in [5.41, 5.74) is 3.05. The number of aliphatic hydroxyl groups excluding tert-OH is 1. The first-order valence-corrected chi connectivity index (χ1v) is 9.88. The summed E-state index contributed by atoms with van der Waals surface area (Å²) in [6, 6.07) is 0.566. The molecule has 1 N–H and O–H groups in total. The fraction of sp³-hybridized carbons (Fsp3) is 0.706. The average Bonchev–Trinajstić information content (AvgIpc) is 3.26. The molecule has 0 unspecified atom stereocenters. The maximum Gasteiger partial charge on any atom is 0.150 e. The molecule has 0 bridgehead atoms. The zero-order chi connectivity index (χ0) is 17.6. The summed E-state index contributed by atoms with van der Waals surface area (Å²) in [7, 11) is 0. The van der Waals surface area contributed by atoms with Crippen LogP contribution in [0.15, 0.2) is 5.51 Å². The van der Waals surface area contributed by atoms with Crippen molar-refractivity contribution in [1.82, 2.24) is 29.5 Å². The predicted octanol–water partition coefficient (Wildman–Crippen LogP) is 1.57. The summed E-state index contributed by atoms with van der Waals surface area (Å²) < 4.78 is 2.27. The number of aryl methyl sites for hydroxylation is 1. The molecule has 4 rings (SSSR count). The Morgan fingerprint density at radius 1 is 1.32 bits per heavy atom. The van der Waals surface area contributed by atoms with Crippen molar-refractivity contribution in [2.45, 2.75) is 65.0 Å². The Morgan fingerprint density at radius 3 is 2.88 bits per heavy atom. The van der Waals surface area contributed by atoms with Crippen molar-refractivity contribution >= 4 is 11.3 Å². The third kappa shape index (κ3) is 3.23. The van der Waals surface area contributed by atoms with Crippen molar-refractivity contribution in [3.8, 4) is 0 Å². The van der Waals surface area contributed by atoms with Crippen LogP contribution in [0.5, 0.6) is 0 Å². The molecular weight excluding hydrogens is 336 g/mol. The van der Waals surface area contributed by atoms with Crippen molar-refractivity contribution in [3.63, 3.8) is 0 Å². The van der Waals surface area contributed by atoms with Crippen LogP contribution < -0.4 is 0 Å². The lowest BCUT2D eigenvalue weighted by atomic mass is 10.1. The molecule has 0 aromatic carbocycles. The highest BCUT2D eigenvalue weighted by atomic mass is 32.1. The van der Waals surface area contributed by atoms with Crippen molar-refractivity contribution in [1.29, 1.82) is 0 Å². The van der Waals surface area contributed by atoms with E-state index in [0.717, 1.165) is 56.5 Å². The van der Waals surface area contributed by atoms with Gasteiger partial charge >= 0.3 is 0 Å². The van der Waals surface area contributed by atoms with Crippen molar-refractivity contribution in [2.24, 2.45) is 0 Å². The topological polar surface area (TPSA) is 70.3 Å². The Morgan fingerprint density at radius 2 is 2.16 bits per heavy atom. The molecule has 2 aromatic heterocycles. The van der Waals surface area contributed by atoms with Gasteiger partial charge in [-0.3, -0.25) is 9.80 Å². The predicted molar refractivity (Wildman–Crippen MR) is 96.2 cm³/mol. The zero-order valence-electron chi connectivity index (χ0n) is 15.1. The third-order valence-corrected chi connectivity index (χ3v) is 6.27. The highest BCUT2D eigenvalue weighted by molar-refractivity contribution is 7.09. The van der Waals surface area contributed by atoms with Gasteiger partial charge in [0.15, 0.2) is 5.82 Å². The Balaban J connectivity index is 1.51. The molecule has 2 aliphatic rings. The lowest BCUT2D eigenvalue weighted by Crippen LogP contribution is -2.36. The van der Waals surface area contributed by atoms with E-state index in [-0.39, 0.29) is 12.1 Å². The molecule has 0 aliphatic carbocycles. The lowest BCUT2D eigenvalue weighted by molar-refractivity contribution is 0.155. The molecule has 1 saturated heterocycles. The number of hydrogen-bond donors (Lipinski definition) is 1. The molecule has 4 heterocycles. The minimum absolute atomic E-state index is 0.173. The quantitative estimate of drug-likeness (QED) is 0.890. The largest absolute Gasteiger partial charge is 0.392 e. The maximum atomic E-state index is 10.1. The van der Waals surface area contributed by atoms with Crippen molar-refractivity contribution in [3.05, 3.63) is 27.7 Å². The van der Waals surface area contributed by atoms with Crippen LogP contribution in [0.1, 0.15) is 48.5 Å². The monoisotopic (exact) mass is 362 g/mol. The van der Waals surface area contributed by atoms with E-state index in [2.05, 4.69) is 50.3 Å². The smallest absolute Gasteiger partial charge is 0.150 e. The third-order valence-electron chi connectivity index (χ3n) is 5.35. The van der Waals surface area contributed by atoms with Gasteiger partial charge in [-0.15, -0.1) is 21.5 Å². The fourth-order valence-electron chi connectivity index (χ4n) is 3.96. The SMILES string of the molecule is Cc1ncsc1CN1CCn2c(nnc2[C@@H]2C[C@H](O)CN2C(C)C)C1. The van der Waals surface area contributed by atoms with Gasteiger partial charge in [0.25, 0.3) is 0 Å². The normalized spacial score (nSPS) is 25.0.